The molecule has 0 aliphatic heterocycles. The SMILES string of the molecule is C#Cc1ccc(/C=C/CC)cc1F. The van der Waals surface area contributed by atoms with Crippen LogP contribution >= 0.6 is 0 Å². The van der Waals surface area contributed by atoms with E-state index in [1.54, 1.807) is 6.07 Å². The van der Waals surface area contributed by atoms with E-state index in [1.165, 1.54) is 6.07 Å². The Labute approximate surface area is 78.1 Å². The molecule has 0 bridgehead atoms. The lowest BCUT2D eigenvalue weighted by molar-refractivity contribution is 0.624. The summed E-state index contributed by atoms with van der Waals surface area (Å²) in [6.45, 7) is 2.03. The quantitative estimate of drug-likeness (QED) is 0.604. The molecule has 0 unspecified atom stereocenters. The van der Waals surface area contributed by atoms with Crippen molar-refractivity contribution in [1.82, 2.24) is 0 Å². The van der Waals surface area contributed by atoms with Crippen molar-refractivity contribution < 1.29 is 4.39 Å². The van der Waals surface area contributed by atoms with E-state index in [9.17, 15) is 4.39 Å². The molecule has 1 aromatic rings. The summed E-state index contributed by atoms with van der Waals surface area (Å²) in [5.41, 5.74) is 1.16. The highest BCUT2D eigenvalue weighted by Crippen LogP contribution is 2.10. The second-order valence-corrected chi connectivity index (χ2v) is 2.69. The summed E-state index contributed by atoms with van der Waals surface area (Å²) in [4.78, 5) is 0. The lowest BCUT2D eigenvalue weighted by Gasteiger charge is -1.96. The van der Waals surface area contributed by atoms with Crippen molar-refractivity contribution in [3.05, 3.63) is 41.2 Å². The zero-order valence-corrected chi connectivity index (χ0v) is 7.55. The van der Waals surface area contributed by atoms with E-state index in [4.69, 9.17) is 6.42 Å². The molecule has 0 atom stereocenters. The first-order chi connectivity index (χ1) is 6.27. The minimum absolute atomic E-state index is 0.314. The number of halogens is 1. The van der Waals surface area contributed by atoms with Gasteiger partial charge in [0.05, 0.1) is 5.56 Å². The maximum absolute atomic E-state index is 13.1. The molecule has 1 rings (SSSR count). The number of allylic oxidation sites excluding steroid dienone is 1. The lowest BCUT2D eigenvalue weighted by atomic mass is 10.1. The van der Waals surface area contributed by atoms with Crippen LogP contribution < -0.4 is 0 Å². The third kappa shape index (κ3) is 2.45. The molecule has 0 fully saturated rings. The number of rotatable bonds is 2. The number of benzene rings is 1. The van der Waals surface area contributed by atoms with Crippen LogP contribution in [0.4, 0.5) is 4.39 Å². The normalized spacial score (nSPS) is 10.2. The first-order valence-corrected chi connectivity index (χ1v) is 4.20. The van der Waals surface area contributed by atoms with Gasteiger partial charge in [-0.15, -0.1) is 6.42 Å². The zero-order chi connectivity index (χ0) is 9.68. The smallest absolute Gasteiger partial charge is 0.139 e. The number of terminal acetylenes is 1. The first-order valence-electron chi connectivity index (χ1n) is 4.20. The molecular weight excluding hydrogens is 163 g/mol. The van der Waals surface area contributed by atoms with E-state index in [1.807, 2.05) is 25.1 Å². The third-order valence-electron chi connectivity index (χ3n) is 1.69. The second-order valence-electron chi connectivity index (χ2n) is 2.69. The number of hydrogen-bond acceptors (Lipinski definition) is 0. The molecule has 66 valence electrons. The molecule has 0 aromatic heterocycles. The van der Waals surface area contributed by atoms with Crippen LogP contribution in [0.3, 0.4) is 0 Å². The van der Waals surface area contributed by atoms with E-state index in [0.717, 1.165) is 12.0 Å². The fourth-order valence-electron chi connectivity index (χ4n) is 1.01. The topological polar surface area (TPSA) is 0 Å². The van der Waals surface area contributed by atoms with Crippen molar-refractivity contribution in [2.75, 3.05) is 0 Å². The van der Waals surface area contributed by atoms with Crippen LogP contribution in [0.2, 0.25) is 0 Å². The van der Waals surface area contributed by atoms with E-state index in [-0.39, 0.29) is 5.82 Å². The standard InChI is InChI=1S/C12H11F/c1-3-5-6-10-7-8-11(4-2)12(13)9-10/h2,5-9H,3H2,1H3/b6-5+. The Morgan fingerprint density at radius 2 is 2.31 bits per heavy atom. The molecule has 0 radical (unpaired) electrons. The van der Waals surface area contributed by atoms with Crippen LogP contribution in [0.25, 0.3) is 6.08 Å². The highest BCUT2D eigenvalue weighted by Gasteiger charge is 1.97. The van der Waals surface area contributed by atoms with Gasteiger partial charge in [-0.2, -0.15) is 0 Å². The average Bonchev–Trinajstić information content (AvgIpc) is 2.15. The fourth-order valence-corrected chi connectivity index (χ4v) is 1.01. The van der Waals surface area contributed by atoms with Crippen LogP contribution in [0.15, 0.2) is 24.3 Å². The Morgan fingerprint density at radius 3 is 2.85 bits per heavy atom. The largest absolute Gasteiger partial charge is 0.206 e. The van der Waals surface area contributed by atoms with E-state index < -0.39 is 0 Å². The van der Waals surface area contributed by atoms with E-state index >= 15 is 0 Å². The minimum atomic E-state index is -0.333. The summed E-state index contributed by atoms with van der Waals surface area (Å²) in [5.74, 6) is 1.95. The molecule has 1 aromatic carbocycles. The molecule has 0 aliphatic rings. The fraction of sp³-hybridized carbons (Fsp3) is 0.167. The molecule has 0 nitrogen and oxygen atoms in total. The minimum Gasteiger partial charge on any atom is -0.206 e. The molecular formula is C12H11F. The van der Waals surface area contributed by atoms with Gasteiger partial charge in [0.25, 0.3) is 0 Å². The molecule has 13 heavy (non-hydrogen) atoms. The number of hydrogen-bond donors (Lipinski definition) is 0. The monoisotopic (exact) mass is 174 g/mol. The van der Waals surface area contributed by atoms with Crippen LogP contribution in [0, 0.1) is 18.2 Å². The van der Waals surface area contributed by atoms with E-state index in [0.29, 0.717) is 5.56 Å². The van der Waals surface area contributed by atoms with Gasteiger partial charge in [0.1, 0.15) is 5.82 Å². The van der Waals surface area contributed by atoms with Crippen molar-refractivity contribution in [2.24, 2.45) is 0 Å². The van der Waals surface area contributed by atoms with Crippen LogP contribution in [0.1, 0.15) is 24.5 Å². The van der Waals surface area contributed by atoms with Crippen molar-refractivity contribution in [3.63, 3.8) is 0 Å². The molecule has 0 saturated carbocycles. The lowest BCUT2D eigenvalue weighted by Crippen LogP contribution is -1.83. The summed E-state index contributed by atoms with van der Waals surface area (Å²) >= 11 is 0. The van der Waals surface area contributed by atoms with Gasteiger partial charge in [-0.1, -0.05) is 31.1 Å². The van der Waals surface area contributed by atoms with Gasteiger partial charge >= 0.3 is 0 Å². The van der Waals surface area contributed by atoms with Gasteiger partial charge in [0.15, 0.2) is 0 Å². The molecule has 0 heterocycles. The molecule has 0 spiro atoms. The van der Waals surface area contributed by atoms with Crippen molar-refractivity contribution >= 4 is 6.08 Å². The average molecular weight is 174 g/mol. The molecule has 1 heteroatoms. The van der Waals surface area contributed by atoms with Gasteiger partial charge in [-0.05, 0) is 24.1 Å². The van der Waals surface area contributed by atoms with Crippen molar-refractivity contribution in [2.45, 2.75) is 13.3 Å². The highest BCUT2D eigenvalue weighted by molar-refractivity contribution is 5.51. The third-order valence-corrected chi connectivity index (χ3v) is 1.69. The maximum atomic E-state index is 13.1. The van der Waals surface area contributed by atoms with Crippen LogP contribution in [0.5, 0.6) is 0 Å². The molecule has 0 aliphatic carbocycles. The Kier molecular flexibility index (Phi) is 3.28. The van der Waals surface area contributed by atoms with Crippen LogP contribution in [-0.2, 0) is 0 Å². The van der Waals surface area contributed by atoms with Gasteiger partial charge in [-0.3, -0.25) is 0 Å². The van der Waals surface area contributed by atoms with Gasteiger partial charge in [-0.25, -0.2) is 4.39 Å². The van der Waals surface area contributed by atoms with Crippen molar-refractivity contribution in [1.29, 1.82) is 0 Å². The Balaban J connectivity index is 2.97. The van der Waals surface area contributed by atoms with Crippen molar-refractivity contribution in [3.8, 4) is 12.3 Å². The summed E-state index contributed by atoms with van der Waals surface area (Å²) in [5, 5.41) is 0. The molecule has 0 saturated heterocycles. The van der Waals surface area contributed by atoms with E-state index in [2.05, 4.69) is 5.92 Å². The van der Waals surface area contributed by atoms with Gasteiger partial charge < -0.3 is 0 Å². The summed E-state index contributed by atoms with van der Waals surface area (Å²) in [6.07, 6.45) is 9.89. The summed E-state index contributed by atoms with van der Waals surface area (Å²) in [6, 6.07) is 4.87. The Bertz CT molecular complexity index is 356. The summed E-state index contributed by atoms with van der Waals surface area (Å²) in [7, 11) is 0. The predicted molar refractivity (Wildman–Crippen MR) is 53.7 cm³/mol. The van der Waals surface area contributed by atoms with Gasteiger partial charge in [0.2, 0.25) is 0 Å². The zero-order valence-electron chi connectivity index (χ0n) is 7.55. The Morgan fingerprint density at radius 1 is 1.54 bits per heavy atom. The second kappa shape index (κ2) is 4.47. The Hall–Kier alpha value is -1.55. The summed E-state index contributed by atoms with van der Waals surface area (Å²) < 4.78 is 13.1. The first kappa shape index (κ1) is 9.54. The maximum Gasteiger partial charge on any atom is 0.139 e. The highest BCUT2D eigenvalue weighted by atomic mass is 19.1. The van der Waals surface area contributed by atoms with Crippen LogP contribution in [-0.4, -0.2) is 0 Å². The predicted octanol–water partition coefficient (Wildman–Crippen LogP) is 3.23. The van der Waals surface area contributed by atoms with Gasteiger partial charge in [0, 0.05) is 0 Å². The molecule has 0 amide bonds. The molecule has 0 N–H and O–H groups in total.